The number of aromatic amines is 1. The molecule has 1 heterocycles. The monoisotopic (exact) mass is 219 g/mol. The molecule has 1 aromatic carbocycles. The summed E-state index contributed by atoms with van der Waals surface area (Å²) in [5.74, 6) is -0.239. The molecule has 0 unspecified atom stereocenters. The van der Waals surface area contributed by atoms with Gasteiger partial charge in [0.25, 0.3) is 0 Å². The Hall–Kier alpha value is -1.68. The van der Waals surface area contributed by atoms with E-state index in [2.05, 4.69) is 17.1 Å². The molecule has 1 aromatic heterocycles. The van der Waals surface area contributed by atoms with Gasteiger partial charge in [0.2, 0.25) is 0 Å². The number of benzene rings is 1. The van der Waals surface area contributed by atoms with Gasteiger partial charge in [-0.1, -0.05) is 6.92 Å². The van der Waals surface area contributed by atoms with E-state index in [0.717, 1.165) is 28.9 Å². The number of H-pyrrole nitrogens is 1. The zero-order chi connectivity index (χ0) is 11.5. The molecule has 2 aromatic rings. The molecule has 0 aliphatic heterocycles. The van der Waals surface area contributed by atoms with Crippen LogP contribution in [0.5, 0.6) is 0 Å². The fraction of sp³-hybridized carbons (Fsp3) is 0.250. The van der Waals surface area contributed by atoms with E-state index >= 15 is 0 Å². The number of rotatable bonds is 3. The molecule has 3 N–H and O–H groups in total. The van der Waals surface area contributed by atoms with Crippen LogP contribution in [0.25, 0.3) is 11.3 Å². The maximum Gasteiger partial charge on any atom is 0.123 e. The molecule has 3 nitrogen and oxygen atoms in total. The lowest BCUT2D eigenvalue weighted by molar-refractivity contribution is 0.628. The van der Waals surface area contributed by atoms with E-state index in [1.54, 1.807) is 12.1 Å². The molecule has 0 radical (unpaired) electrons. The quantitative estimate of drug-likeness (QED) is 0.831. The van der Waals surface area contributed by atoms with E-state index in [9.17, 15) is 4.39 Å². The van der Waals surface area contributed by atoms with Gasteiger partial charge in [0.1, 0.15) is 5.82 Å². The lowest BCUT2D eigenvalue weighted by Gasteiger charge is -2.01. The molecule has 0 fully saturated rings. The van der Waals surface area contributed by atoms with Crippen molar-refractivity contribution >= 4 is 0 Å². The van der Waals surface area contributed by atoms with Gasteiger partial charge in [-0.3, -0.25) is 5.10 Å². The van der Waals surface area contributed by atoms with Crippen LogP contribution in [0.1, 0.15) is 18.2 Å². The van der Waals surface area contributed by atoms with Crippen molar-refractivity contribution in [1.29, 1.82) is 0 Å². The lowest BCUT2D eigenvalue weighted by atomic mass is 10.0. The molecule has 0 atom stereocenters. The predicted molar refractivity (Wildman–Crippen MR) is 61.3 cm³/mol. The lowest BCUT2D eigenvalue weighted by Crippen LogP contribution is -2.00. The number of nitrogens with zero attached hydrogens (tertiary/aromatic N) is 1. The summed E-state index contributed by atoms with van der Waals surface area (Å²) >= 11 is 0. The summed E-state index contributed by atoms with van der Waals surface area (Å²) in [6.07, 6.45) is 0.857. The highest BCUT2D eigenvalue weighted by Gasteiger charge is 2.11. The SMILES string of the molecule is CCc1c(-c2ccc(F)cc2)n[nH]c1CN. The van der Waals surface area contributed by atoms with E-state index in [0.29, 0.717) is 6.54 Å². The van der Waals surface area contributed by atoms with Gasteiger partial charge in [-0.2, -0.15) is 5.10 Å². The first-order valence-electron chi connectivity index (χ1n) is 5.28. The molecule has 84 valence electrons. The maximum atomic E-state index is 12.8. The van der Waals surface area contributed by atoms with Gasteiger partial charge in [0.15, 0.2) is 0 Å². The summed E-state index contributed by atoms with van der Waals surface area (Å²) in [5, 5.41) is 7.15. The van der Waals surface area contributed by atoms with Gasteiger partial charge in [-0.15, -0.1) is 0 Å². The van der Waals surface area contributed by atoms with E-state index in [4.69, 9.17) is 5.73 Å². The van der Waals surface area contributed by atoms with E-state index in [1.165, 1.54) is 12.1 Å². The minimum absolute atomic E-state index is 0.239. The topological polar surface area (TPSA) is 54.7 Å². The molecule has 0 saturated carbocycles. The van der Waals surface area contributed by atoms with Gasteiger partial charge in [0.05, 0.1) is 11.4 Å². The molecule has 0 spiro atoms. The molecule has 0 saturated heterocycles. The average molecular weight is 219 g/mol. The van der Waals surface area contributed by atoms with Crippen LogP contribution in [0.15, 0.2) is 24.3 Å². The normalized spacial score (nSPS) is 10.7. The first kappa shape index (κ1) is 10.8. The standard InChI is InChI=1S/C12H14FN3/c1-2-10-11(7-14)15-16-12(10)8-3-5-9(13)6-4-8/h3-6H,2,7,14H2,1H3,(H,15,16). The highest BCUT2D eigenvalue weighted by atomic mass is 19.1. The van der Waals surface area contributed by atoms with Gasteiger partial charge >= 0.3 is 0 Å². The highest BCUT2D eigenvalue weighted by Crippen LogP contribution is 2.24. The largest absolute Gasteiger partial charge is 0.325 e. The van der Waals surface area contributed by atoms with Crippen molar-refractivity contribution < 1.29 is 4.39 Å². The molecule has 0 aliphatic carbocycles. The minimum atomic E-state index is -0.239. The summed E-state index contributed by atoms with van der Waals surface area (Å²) in [7, 11) is 0. The maximum absolute atomic E-state index is 12.8. The Kier molecular flexibility index (Phi) is 3.01. The predicted octanol–water partition coefficient (Wildman–Crippen LogP) is 2.24. The Morgan fingerprint density at radius 2 is 2.00 bits per heavy atom. The second kappa shape index (κ2) is 4.45. The van der Waals surface area contributed by atoms with Gasteiger partial charge < -0.3 is 5.73 Å². The minimum Gasteiger partial charge on any atom is -0.325 e. The van der Waals surface area contributed by atoms with Crippen molar-refractivity contribution in [3.63, 3.8) is 0 Å². The van der Waals surface area contributed by atoms with Crippen LogP contribution in [0.2, 0.25) is 0 Å². The van der Waals surface area contributed by atoms with Crippen LogP contribution in [-0.2, 0) is 13.0 Å². The Labute approximate surface area is 93.5 Å². The Bertz CT molecular complexity index is 474. The molecule has 0 amide bonds. The number of nitrogens with one attached hydrogen (secondary N) is 1. The van der Waals surface area contributed by atoms with Crippen LogP contribution < -0.4 is 5.73 Å². The highest BCUT2D eigenvalue weighted by molar-refractivity contribution is 5.63. The number of hydrogen-bond acceptors (Lipinski definition) is 2. The first-order chi connectivity index (χ1) is 7.76. The Morgan fingerprint density at radius 3 is 2.56 bits per heavy atom. The average Bonchev–Trinajstić information content (AvgIpc) is 2.72. The van der Waals surface area contributed by atoms with E-state index in [1.807, 2.05) is 0 Å². The third kappa shape index (κ3) is 1.84. The number of nitrogens with two attached hydrogens (primary N) is 1. The van der Waals surface area contributed by atoms with Crippen LogP contribution in [0.4, 0.5) is 4.39 Å². The molecular weight excluding hydrogens is 205 g/mol. The molecule has 0 aliphatic rings. The zero-order valence-corrected chi connectivity index (χ0v) is 9.13. The Morgan fingerprint density at radius 1 is 1.31 bits per heavy atom. The van der Waals surface area contributed by atoms with Crippen LogP contribution in [-0.4, -0.2) is 10.2 Å². The third-order valence-electron chi connectivity index (χ3n) is 2.63. The van der Waals surface area contributed by atoms with Gasteiger partial charge in [0, 0.05) is 17.7 Å². The fourth-order valence-electron chi connectivity index (χ4n) is 1.80. The van der Waals surface area contributed by atoms with Crippen LogP contribution in [0.3, 0.4) is 0 Å². The van der Waals surface area contributed by atoms with Crippen molar-refractivity contribution in [1.82, 2.24) is 10.2 Å². The third-order valence-corrected chi connectivity index (χ3v) is 2.63. The second-order valence-electron chi connectivity index (χ2n) is 3.59. The van der Waals surface area contributed by atoms with E-state index in [-0.39, 0.29) is 5.82 Å². The van der Waals surface area contributed by atoms with Crippen molar-refractivity contribution in [2.45, 2.75) is 19.9 Å². The summed E-state index contributed by atoms with van der Waals surface area (Å²) in [6, 6.07) is 6.33. The van der Waals surface area contributed by atoms with E-state index < -0.39 is 0 Å². The number of hydrogen-bond donors (Lipinski definition) is 2. The molecular formula is C12H14FN3. The summed E-state index contributed by atoms with van der Waals surface area (Å²) < 4.78 is 12.8. The van der Waals surface area contributed by atoms with Gasteiger partial charge in [-0.25, -0.2) is 4.39 Å². The Balaban J connectivity index is 2.47. The summed E-state index contributed by atoms with van der Waals surface area (Å²) in [5.41, 5.74) is 9.44. The van der Waals surface area contributed by atoms with Crippen LogP contribution in [0, 0.1) is 5.82 Å². The number of halogens is 1. The summed E-state index contributed by atoms with van der Waals surface area (Å²) in [6.45, 7) is 2.49. The zero-order valence-electron chi connectivity index (χ0n) is 9.13. The van der Waals surface area contributed by atoms with Gasteiger partial charge in [-0.05, 0) is 30.7 Å². The number of aromatic nitrogens is 2. The molecule has 4 heteroatoms. The first-order valence-corrected chi connectivity index (χ1v) is 5.28. The molecule has 2 rings (SSSR count). The molecule has 16 heavy (non-hydrogen) atoms. The van der Waals surface area contributed by atoms with Crippen molar-refractivity contribution in [2.24, 2.45) is 5.73 Å². The van der Waals surface area contributed by atoms with Crippen molar-refractivity contribution in [2.75, 3.05) is 0 Å². The molecule has 0 bridgehead atoms. The van der Waals surface area contributed by atoms with Crippen molar-refractivity contribution in [3.8, 4) is 11.3 Å². The summed E-state index contributed by atoms with van der Waals surface area (Å²) in [4.78, 5) is 0. The fourth-order valence-corrected chi connectivity index (χ4v) is 1.80. The van der Waals surface area contributed by atoms with Crippen LogP contribution >= 0.6 is 0 Å². The second-order valence-corrected chi connectivity index (χ2v) is 3.59. The smallest absolute Gasteiger partial charge is 0.123 e. The van der Waals surface area contributed by atoms with Crippen molar-refractivity contribution in [3.05, 3.63) is 41.3 Å².